The highest BCUT2D eigenvalue weighted by Gasteiger charge is 2.29. The molecule has 0 spiro atoms. The summed E-state index contributed by atoms with van der Waals surface area (Å²) in [7, 11) is 0. The van der Waals surface area contributed by atoms with Gasteiger partial charge in [-0.1, -0.05) is 17.7 Å². The van der Waals surface area contributed by atoms with Crippen molar-refractivity contribution in [1.82, 2.24) is 5.32 Å². The number of nitrogens with one attached hydrogen (secondary N) is 2. The van der Waals surface area contributed by atoms with Crippen LogP contribution in [0.3, 0.4) is 0 Å². The van der Waals surface area contributed by atoms with Crippen LogP contribution in [-0.2, 0) is 9.53 Å². The summed E-state index contributed by atoms with van der Waals surface area (Å²) >= 11 is 0. The van der Waals surface area contributed by atoms with E-state index in [9.17, 15) is 4.79 Å². The fourth-order valence-corrected chi connectivity index (χ4v) is 2.18. The highest BCUT2D eigenvalue weighted by molar-refractivity contribution is 5.92. The predicted molar refractivity (Wildman–Crippen MR) is 76.2 cm³/mol. The minimum absolute atomic E-state index is 0.00344. The third kappa shape index (κ3) is 4.33. The standard InChI is InChI=1S/C15H22N2O2/c1-3-19-14-8-13(9-14)16-10-15(18)17-12-6-4-11(2)5-7-12/h4-7,13-14,16H,3,8-10H2,1-2H3,(H,17,18). The molecule has 1 fully saturated rings. The molecule has 0 aromatic heterocycles. The van der Waals surface area contributed by atoms with Gasteiger partial charge in [0.1, 0.15) is 0 Å². The number of hydrogen-bond donors (Lipinski definition) is 2. The van der Waals surface area contributed by atoms with Gasteiger partial charge in [0.2, 0.25) is 5.91 Å². The number of anilines is 1. The van der Waals surface area contributed by atoms with Crippen molar-refractivity contribution in [3.8, 4) is 0 Å². The maximum Gasteiger partial charge on any atom is 0.238 e. The molecule has 0 unspecified atom stereocenters. The van der Waals surface area contributed by atoms with Gasteiger partial charge >= 0.3 is 0 Å². The van der Waals surface area contributed by atoms with Crippen LogP contribution in [-0.4, -0.2) is 31.2 Å². The number of benzene rings is 1. The molecule has 19 heavy (non-hydrogen) atoms. The molecule has 2 N–H and O–H groups in total. The SMILES string of the molecule is CCOC1CC(NCC(=O)Nc2ccc(C)cc2)C1. The molecule has 0 aliphatic heterocycles. The number of ether oxygens (including phenoxy) is 1. The average Bonchev–Trinajstić information content (AvgIpc) is 2.35. The first kappa shape index (κ1) is 14.0. The van der Waals surface area contributed by atoms with Crippen molar-refractivity contribution in [2.75, 3.05) is 18.5 Å². The molecule has 1 aromatic carbocycles. The molecule has 0 radical (unpaired) electrons. The molecule has 1 aromatic rings. The summed E-state index contributed by atoms with van der Waals surface area (Å²) < 4.78 is 5.48. The van der Waals surface area contributed by atoms with Gasteiger partial charge in [-0.2, -0.15) is 0 Å². The maximum atomic E-state index is 11.7. The molecular formula is C15H22N2O2. The minimum atomic E-state index is 0.00344. The lowest BCUT2D eigenvalue weighted by molar-refractivity contribution is -0.116. The van der Waals surface area contributed by atoms with Gasteiger partial charge in [-0.3, -0.25) is 4.79 Å². The first-order valence-electron chi connectivity index (χ1n) is 6.89. The van der Waals surface area contributed by atoms with Gasteiger partial charge in [0.25, 0.3) is 0 Å². The normalized spacial score (nSPS) is 21.8. The van der Waals surface area contributed by atoms with E-state index >= 15 is 0 Å². The van der Waals surface area contributed by atoms with Crippen molar-refractivity contribution in [1.29, 1.82) is 0 Å². The Morgan fingerprint density at radius 1 is 1.32 bits per heavy atom. The van der Waals surface area contributed by atoms with Crippen LogP contribution in [0.25, 0.3) is 0 Å². The Balaban J connectivity index is 1.64. The minimum Gasteiger partial charge on any atom is -0.378 e. The van der Waals surface area contributed by atoms with Crippen LogP contribution in [0.15, 0.2) is 24.3 Å². The van der Waals surface area contributed by atoms with E-state index in [1.165, 1.54) is 5.56 Å². The Hall–Kier alpha value is -1.39. The lowest BCUT2D eigenvalue weighted by atomic mass is 9.89. The quantitative estimate of drug-likeness (QED) is 0.825. The predicted octanol–water partition coefficient (Wildman–Crippen LogP) is 2.09. The van der Waals surface area contributed by atoms with E-state index in [0.717, 1.165) is 25.1 Å². The van der Waals surface area contributed by atoms with E-state index in [4.69, 9.17) is 4.74 Å². The molecule has 1 aliphatic carbocycles. The number of aryl methyl sites for hydroxylation is 1. The van der Waals surface area contributed by atoms with Crippen molar-refractivity contribution >= 4 is 11.6 Å². The first-order chi connectivity index (χ1) is 9.17. The zero-order valence-electron chi connectivity index (χ0n) is 11.6. The number of amides is 1. The van der Waals surface area contributed by atoms with Gasteiger partial charge in [0.05, 0.1) is 12.6 Å². The number of carbonyl (C=O) groups is 1. The van der Waals surface area contributed by atoms with Gasteiger partial charge in [-0.15, -0.1) is 0 Å². The number of carbonyl (C=O) groups excluding carboxylic acids is 1. The zero-order chi connectivity index (χ0) is 13.7. The molecule has 1 amide bonds. The largest absolute Gasteiger partial charge is 0.378 e. The van der Waals surface area contributed by atoms with Crippen LogP contribution in [0, 0.1) is 6.92 Å². The Morgan fingerprint density at radius 3 is 2.63 bits per heavy atom. The fourth-order valence-electron chi connectivity index (χ4n) is 2.18. The molecule has 0 saturated heterocycles. The Bertz CT molecular complexity index is 411. The molecule has 0 bridgehead atoms. The topological polar surface area (TPSA) is 50.4 Å². The summed E-state index contributed by atoms with van der Waals surface area (Å²) in [6.07, 6.45) is 2.39. The molecule has 0 heterocycles. The van der Waals surface area contributed by atoms with Gasteiger partial charge in [0, 0.05) is 18.3 Å². The van der Waals surface area contributed by atoms with Gasteiger partial charge < -0.3 is 15.4 Å². The van der Waals surface area contributed by atoms with Crippen molar-refractivity contribution in [3.05, 3.63) is 29.8 Å². The van der Waals surface area contributed by atoms with Crippen molar-refractivity contribution in [3.63, 3.8) is 0 Å². The van der Waals surface area contributed by atoms with Crippen LogP contribution >= 0.6 is 0 Å². The Kier molecular flexibility index (Phi) is 4.93. The second-order valence-corrected chi connectivity index (χ2v) is 5.04. The second kappa shape index (κ2) is 6.68. The molecule has 0 atom stereocenters. The van der Waals surface area contributed by atoms with Crippen LogP contribution in [0.2, 0.25) is 0 Å². The smallest absolute Gasteiger partial charge is 0.238 e. The van der Waals surface area contributed by atoms with E-state index in [0.29, 0.717) is 18.7 Å². The summed E-state index contributed by atoms with van der Waals surface area (Å²) in [6.45, 7) is 5.16. The van der Waals surface area contributed by atoms with E-state index in [2.05, 4.69) is 10.6 Å². The average molecular weight is 262 g/mol. The van der Waals surface area contributed by atoms with Crippen molar-refractivity contribution in [2.24, 2.45) is 0 Å². The summed E-state index contributed by atoms with van der Waals surface area (Å²) in [5.74, 6) is 0.00344. The molecule has 4 nitrogen and oxygen atoms in total. The molecule has 4 heteroatoms. The van der Waals surface area contributed by atoms with Crippen LogP contribution in [0.5, 0.6) is 0 Å². The van der Waals surface area contributed by atoms with Gasteiger partial charge in [0.15, 0.2) is 0 Å². The third-order valence-electron chi connectivity index (χ3n) is 3.38. The second-order valence-electron chi connectivity index (χ2n) is 5.04. The van der Waals surface area contributed by atoms with Gasteiger partial charge in [-0.25, -0.2) is 0 Å². The van der Waals surface area contributed by atoms with E-state index in [-0.39, 0.29) is 5.91 Å². The molecular weight excluding hydrogens is 240 g/mol. The molecule has 1 saturated carbocycles. The maximum absolute atomic E-state index is 11.7. The van der Waals surface area contributed by atoms with Crippen molar-refractivity contribution in [2.45, 2.75) is 38.8 Å². The monoisotopic (exact) mass is 262 g/mol. The number of hydrogen-bond acceptors (Lipinski definition) is 3. The number of rotatable bonds is 6. The van der Waals surface area contributed by atoms with Crippen LogP contribution < -0.4 is 10.6 Å². The van der Waals surface area contributed by atoms with E-state index < -0.39 is 0 Å². The summed E-state index contributed by atoms with van der Waals surface area (Å²) in [5, 5.41) is 6.12. The first-order valence-corrected chi connectivity index (χ1v) is 6.89. The highest BCUT2D eigenvalue weighted by atomic mass is 16.5. The van der Waals surface area contributed by atoms with Gasteiger partial charge in [-0.05, 0) is 38.8 Å². The fraction of sp³-hybridized carbons (Fsp3) is 0.533. The lowest BCUT2D eigenvalue weighted by Gasteiger charge is -2.35. The molecule has 104 valence electrons. The van der Waals surface area contributed by atoms with Crippen molar-refractivity contribution < 1.29 is 9.53 Å². The highest BCUT2D eigenvalue weighted by Crippen LogP contribution is 2.22. The lowest BCUT2D eigenvalue weighted by Crippen LogP contribution is -2.47. The summed E-state index contributed by atoms with van der Waals surface area (Å²) in [6, 6.07) is 8.23. The summed E-state index contributed by atoms with van der Waals surface area (Å²) in [4.78, 5) is 11.7. The summed E-state index contributed by atoms with van der Waals surface area (Å²) in [5.41, 5.74) is 2.03. The Morgan fingerprint density at radius 2 is 2.00 bits per heavy atom. The van der Waals surface area contributed by atoms with E-state index in [1.807, 2.05) is 38.1 Å². The molecule has 1 aliphatic rings. The van der Waals surface area contributed by atoms with Crippen LogP contribution in [0.4, 0.5) is 5.69 Å². The van der Waals surface area contributed by atoms with E-state index in [1.54, 1.807) is 0 Å². The third-order valence-corrected chi connectivity index (χ3v) is 3.38. The Labute approximate surface area is 114 Å². The zero-order valence-corrected chi connectivity index (χ0v) is 11.6. The molecule has 2 rings (SSSR count). The van der Waals surface area contributed by atoms with Crippen LogP contribution in [0.1, 0.15) is 25.3 Å².